The molecule has 0 unspecified atom stereocenters. The molecule has 5 rings (SSSR count). The number of ether oxygens (including phenoxy) is 4. The van der Waals surface area contributed by atoms with Crippen LogP contribution >= 0.6 is 0 Å². The van der Waals surface area contributed by atoms with Gasteiger partial charge >= 0.3 is 0 Å². The molecule has 0 aromatic heterocycles. The van der Waals surface area contributed by atoms with Gasteiger partial charge in [-0.3, -0.25) is 0 Å². The molecule has 0 saturated carbocycles. The highest BCUT2D eigenvalue weighted by atomic mass is 16.7. The van der Waals surface area contributed by atoms with E-state index in [0.29, 0.717) is 0 Å². The third kappa shape index (κ3) is 1.77. The van der Waals surface area contributed by atoms with Crippen molar-refractivity contribution < 1.29 is 18.9 Å². The van der Waals surface area contributed by atoms with Gasteiger partial charge in [0.05, 0.1) is 13.2 Å². The van der Waals surface area contributed by atoms with Crippen LogP contribution in [0.5, 0.6) is 17.2 Å². The van der Waals surface area contributed by atoms with Gasteiger partial charge in [0.1, 0.15) is 11.9 Å². The maximum absolute atomic E-state index is 5.90. The maximum Gasteiger partial charge on any atom is 0.231 e. The van der Waals surface area contributed by atoms with Crippen LogP contribution in [0.15, 0.2) is 24.3 Å². The molecule has 2 aromatic carbocycles. The van der Waals surface area contributed by atoms with Crippen molar-refractivity contribution in [2.45, 2.75) is 18.6 Å². The lowest BCUT2D eigenvalue weighted by atomic mass is 9.75. The van der Waals surface area contributed by atoms with Crippen LogP contribution in [0.4, 0.5) is 0 Å². The summed E-state index contributed by atoms with van der Waals surface area (Å²) >= 11 is 0. The summed E-state index contributed by atoms with van der Waals surface area (Å²) in [6, 6.07) is 8.41. The molecule has 3 aliphatic rings. The van der Waals surface area contributed by atoms with E-state index < -0.39 is 0 Å². The van der Waals surface area contributed by atoms with Gasteiger partial charge in [0.15, 0.2) is 11.5 Å². The normalized spacial score (nSPS) is 22.8. The number of nitrogens with one attached hydrogen (secondary N) is 1. The summed E-state index contributed by atoms with van der Waals surface area (Å²) in [4.78, 5) is 0. The zero-order chi connectivity index (χ0) is 16.3. The van der Waals surface area contributed by atoms with Crippen LogP contribution in [0.1, 0.15) is 28.8 Å². The predicted molar refractivity (Wildman–Crippen MR) is 88.8 cm³/mol. The van der Waals surface area contributed by atoms with Gasteiger partial charge in [-0.15, -0.1) is 0 Å². The summed E-state index contributed by atoms with van der Waals surface area (Å²) in [5.41, 5.74) is 6.01. The van der Waals surface area contributed by atoms with E-state index in [9.17, 15) is 0 Å². The number of rotatable bonds is 2. The second-order valence-electron chi connectivity index (χ2n) is 6.35. The predicted octanol–water partition coefficient (Wildman–Crippen LogP) is 2.98. The van der Waals surface area contributed by atoms with Gasteiger partial charge in [0.25, 0.3) is 0 Å². The number of fused-ring (bicyclic) bond motifs is 4. The van der Waals surface area contributed by atoms with E-state index in [1.54, 1.807) is 14.2 Å². The molecule has 0 radical (unpaired) electrons. The van der Waals surface area contributed by atoms with Gasteiger partial charge < -0.3 is 24.3 Å². The summed E-state index contributed by atoms with van der Waals surface area (Å²) in [5.74, 6) is 2.53. The fourth-order valence-electron chi connectivity index (χ4n) is 4.24. The highest BCUT2D eigenvalue weighted by Gasteiger charge is 2.41. The van der Waals surface area contributed by atoms with Crippen LogP contribution in [0.3, 0.4) is 0 Å². The summed E-state index contributed by atoms with van der Waals surface area (Å²) in [6.45, 7) is 1.21. The third-order valence-electron chi connectivity index (χ3n) is 5.25. The average Bonchev–Trinajstić information content (AvgIpc) is 3.09. The molecule has 24 heavy (non-hydrogen) atoms. The molecule has 0 spiro atoms. The van der Waals surface area contributed by atoms with E-state index in [1.165, 1.54) is 11.1 Å². The molecule has 5 heteroatoms. The van der Waals surface area contributed by atoms with E-state index >= 15 is 0 Å². The Labute approximate surface area is 140 Å². The minimum absolute atomic E-state index is 0.0537. The van der Waals surface area contributed by atoms with E-state index in [1.807, 2.05) is 6.07 Å². The minimum atomic E-state index is -0.0537. The largest absolute Gasteiger partial charge is 0.497 e. The number of hydrogen-bond donors (Lipinski definition) is 1. The van der Waals surface area contributed by atoms with Crippen molar-refractivity contribution in [3.63, 3.8) is 0 Å². The minimum Gasteiger partial charge on any atom is -0.497 e. The van der Waals surface area contributed by atoms with Gasteiger partial charge in [0, 0.05) is 12.7 Å². The van der Waals surface area contributed by atoms with E-state index in [0.717, 1.165) is 46.9 Å². The molecule has 5 nitrogen and oxygen atoms in total. The van der Waals surface area contributed by atoms with Gasteiger partial charge in [0.2, 0.25) is 6.79 Å². The van der Waals surface area contributed by atoms with Gasteiger partial charge in [-0.2, -0.15) is 0 Å². The van der Waals surface area contributed by atoms with E-state index in [4.69, 9.17) is 18.9 Å². The number of benzene rings is 2. The second kappa shape index (κ2) is 5.13. The van der Waals surface area contributed by atoms with Crippen molar-refractivity contribution in [1.82, 2.24) is 5.32 Å². The third-order valence-corrected chi connectivity index (χ3v) is 5.25. The van der Waals surface area contributed by atoms with Crippen molar-refractivity contribution in [1.29, 1.82) is 0 Å². The Kier molecular flexibility index (Phi) is 3.02. The molecule has 1 aliphatic carbocycles. The molecule has 2 atom stereocenters. The first-order valence-corrected chi connectivity index (χ1v) is 8.21. The Hall–Kier alpha value is -2.24. The van der Waals surface area contributed by atoms with Crippen LogP contribution in [-0.4, -0.2) is 27.6 Å². The molecule has 0 fully saturated rings. The lowest BCUT2D eigenvalue weighted by Gasteiger charge is -2.39. The Bertz CT molecular complexity index is 833. The second-order valence-corrected chi connectivity index (χ2v) is 6.35. The van der Waals surface area contributed by atoms with Crippen molar-refractivity contribution in [2.24, 2.45) is 0 Å². The zero-order valence-electron chi connectivity index (χ0n) is 13.7. The smallest absolute Gasteiger partial charge is 0.231 e. The quantitative estimate of drug-likeness (QED) is 0.920. The summed E-state index contributed by atoms with van der Waals surface area (Å²) in [6.07, 6.45) is 0.930. The van der Waals surface area contributed by atoms with E-state index in [2.05, 4.69) is 23.5 Å². The standard InChI is InChI=1S/C19H19NO4/c1-21-11-3-4-12-13(8-11)18(22-2)17-15-10(5-6-20-17)7-14-19(16(12)15)24-9-23-14/h3-4,7-8,17-18,20H,5-6,9H2,1-2H3/t17-,18-/m0/s1. The first-order valence-electron chi connectivity index (χ1n) is 8.21. The molecule has 2 aromatic rings. The number of hydrogen-bond acceptors (Lipinski definition) is 5. The van der Waals surface area contributed by atoms with Gasteiger partial charge in [-0.05, 0) is 53.4 Å². The maximum atomic E-state index is 5.90. The molecule has 0 bridgehead atoms. The highest BCUT2D eigenvalue weighted by Crippen LogP contribution is 2.56. The fourth-order valence-corrected chi connectivity index (χ4v) is 4.24. The topological polar surface area (TPSA) is 49.0 Å². The Morgan fingerprint density at radius 2 is 2.08 bits per heavy atom. The van der Waals surface area contributed by atoms with Crippen LogP contribution in [-0.2, 0) is 11.2 Å². The van der Waals surface area contributed by atoms with Crippen molar-refractivity contribution in [3.8, 4) is 28.4 Å². The van der Waals surface area contributed by atoms with Crippen LogP contribution in [0.2, 0.25) is 0 Å². The Morgan fingerprint density at radius 3 is 2.92 bits per heavy atom. The molecule has 0 amide bonds. The van der Waals surface area contributed by atoms with Crippen molar-refractivity contribution in [3.05, 3.63) is 41.0 Å². The molecule has 1 N–H and O–H groups in total. The lowest BCUT2D eigenvalue weighted by Crippen LogP contribution is -2.37. The van der Waals surface area contributed by atoms with Crippen LogP contribution in [0, 0.1) is 0 Å². The first kappa shape index (κ1) is 14.1. The lowest BCUT2D eigenvalue weighted by molar-refractivity contribution is 0.0639. The molecular weight excluding hydrogens is 306 g/mol. The van der Waals surface area contributed by atoms with E-state index in [-0.39, 0.29) is 18.9 Å². The van der Waals surface area contributed by atoms with Gasteiger partial charge in [-0.25, -0.2) is 0 Å². The monoisotopic (exact) mass is 325 g/mol. The first-order chi connectivity index (χ1) is 11.8. The molecule has 124 valence electrons. The average molecular weight is 325 g/mol. The van der Waals surface area contributed by atoms with Crippen LogP contribution in [0.25, 0.3) is 11.1 Å². The molecule has 2 aliphatic heterocycles. The molecule has 0 saturated heterocycles. The summed E-state index contributed by atoms with van der Waals surface area (Å²) in [7, 11) is 3.45. The zero-order valence-corrected chi connectivity index (χ0v) is 13.7. The SMILES string of the molecule is COc1ccc2c(c1)[C@H](OC)[C@H]1NCCc3cc4c(c-2c31)OCO4. The van der Waals surface area contributed by atoms with Gasteiger partial charge in [-0.1, -0.05) is 6.07 Å². The van der Waals surface area contributed by atoms with Crippen LogP contribution < -0.4 is 19.5 Å². The summed E-state index contributed by atoms with van der Waals surface area (Å²) < 4.78 is 22.8. The summed E-state index contributed by atoms with van der Waals surface area (Å²) in [5, 5.41) is 3.63. The highest BCUT2D eigenvalue weighted by molar-refractivity contribution is 5.84. The van der Waals surface area contributed by atoms with Crippen molar-refractivity contribution in [2.75, 3.05) is 27.6 Å². The Morgan fingerprint density at radius 1 is 1.17 bits per heavy atom. The van der Waals surface area contributed by atoms with Crippen molar-refractivity contribution >= 4 is 0 Å². The molecular formula is C19H19NO4. The Balaban J connectivity index is 1.85. The number of methoxy groups -OCH3 is 2. The fraction of sp³-hybridized carbons (Fsp3) is 0.368. The molecule has 2 heterocycles.